The molecule has 2 aromatic heterocycles. The average molecular weight is 308 g/mol. The fourth-order valence-corrected chi connectivity index (χ4v) is 2.59. The SMILES string of the molecule is Cn1cc(CN(Cc2ccc(O)cc2)Cc2cccnc2)cn1. The minimum Gasteiger partial charge on any atom is -0.508 e. The summed E-state index contributed by atoms with van der Waals surface area (Å²) in [5.74, 6) is 0.291. The third-order valence-electron chi connectivity index (χ3n) is 3.64. The number of aromatic hydroxyl groups is 1. The van der Waals surface area contributed by atoms with Crippen LogP contribution in [0.15, 0.2) is 61.2 Å². The van der Waals surface area contributed by atoms with Crippen LogP contribution in [-0.4, -0.2) is 24.8 Å². The Morgan fingerprint density at radius 3 is 2.35 bits per heavy atom. The molecule has 1 aromatic carbocycles. The Bertz CT molecular complexity index is 737. The van der Waals surface area contributed by atoms with Crippen molar-refractivity contribution in [3.8, 4) is 5.75 Å². The molecule has 3 aromatic rings. The Balaban J connectivity index is 1.75. The molecule has 0 amide bonds. The van der Waals surface area contributed by atoms with Crippen molar-refractivity contribution in [2.75, 3.05) is 0 Å². The fraction of sp³-hybridized carbons (Fsp3) is 0.222. The highest BCUT2D eigenvalue weighted by atomic mass is 16.3. The summed E-state index contributed by atoms with van der Waals surface area (Å²) in [5.41, 5.74) is 3.51. The van der Waals surface area contributed by atoms with Gasteiger partial charge in [0.05, 0.1) is 6.20 Å². The first-order chi connectivity index (χ1) is 11.2. The van der Waals surface area contributed by atoms with Crippen LogP contribution in [0.3, 0.4) is 0 Å². The number of aromatic nitrogens is 3. The highest BCUT2D eigenvalue weighted by Gasteiger charge is 2.10. The molecule has 118 valence electrons. The molecule has 0 atom stereocenters. The lowest BCUT2D eigenvalue weighted by Gasteiger charge is -2.22. The largest absolute Gasteiger partial charge is 0.508 e. The molecule has 0 bridgehead atoms. The molecule has 0 aliphatic carbocycles. The number of hydrogen-bond donors (Lipinski definition) is 1. The van der Waals surface area contributed by atoms with Gasteiger partial charge < -0.3 is 5.11 Å². The molecule has 5 nitrogen and oxygen atoms in total. The van der Waals surface area contributed by atoms with E-state index >= 15 is 0 Å². The standard InChI is InChI=1S/C18H20N4O/c1-21-11-17(10-20-21)14-22(13-16-3-2-8-19-9-16)12-15-4-6-18(23)7-5-15/h2-11,23H,12-14H2,1H3. The van der Waals surface area contributed by atoms with Crippen molar-refractivity contribution in [2.24, 2.45) is 7.05 Å². The number of benzene rings is 1. The summed E-state index contributed by atoms with van der Waals surface area (Å²) in [6.07, 6.45) is 7.61. The highest BCUT2D eigenvalue weighted by molar-refractivity contribution is 5.26. The van der Waals surface area contributed by atoms with Gasteiger partial charge in [-0.2, -0.15) is 5.10 Å². The summed E-state index contributed by atoms with van der Waals surface area (Å²) in [6.45, 7) is 2.41. The Labute approximate surface area is 135 Å². The Morgan fingerprint density at radius 1 is 0.957 bits per heavy atom. The van der Waals surface area contributed by atoms with E-state index in [1.54, 1.807) is 18.3 Å². The first-order valence-electron chi connectivity index (χ1n) is 7.56. The van der Waals surface area contributed by atoms with Crippen molar-refractivity contribution in [1.29, 1.82) is 0 Å². The summed E-state index contributed by atoms with van der Waals surface area (Å²) in [6, 6.07) is 11.4. The van der Waals surface area contributed by atoms with E-state index in [1.807, 2.05) is 48.5 Å². The van der Waals surface area contributed by atoms with Gasteiger partial charge in [-0.1, -0.05) is 18.2 Å². The second-order valence-electron chi connectivity index (χ2n) is 5.70. The predicted octanol–water partition coefficient (Wildman–Crippen LogP) is 2.72. The predicted molar refractivity (Wildman–Crippen MR) is 88.5 cm³/mol. The third-order valence-corrected chi connectivity index (χ3v) is 3.64. The molecule has 0 unspecified atom stereocenters. The zero-order chi connectivity index (χ0) is 16.1. The van der Waals surface area contributed by atoms with Gasteiger partial charge in [0.2, 0.25) is 0 Å². The minimum absolute atomic E-state index is 0.291. The number of aryl methyl sites for hydroxylation is 1. The van der Waals surface area contributed by atoms with E-state index in [9.17, 15) is 5.11 Å². The topological polar surface area (TPSA) is 54.2 Å². The summed E-state index contributed by atoms with van der Waals surface area (Å²) < 4.78 is 1.82. The number of hydrogen-bond acceptors (Lipinski definition) is 4. The summed E-state index contributed by atoms with van der Waals surface area (Å²) >= 11 is 0. The van der Waals surface area contributed by atoms with Gasteiger partial charge in [0.1, 0.15) is 5.75 Å². The maximum atomic E-state index is 9.43. The number of rotatable bonds is 6. The fourth-order valence-electron chi connectivity index (χ4n) is 2.59. The molecule has 0 aliphatic rings. The van der Waals surface area contributed by atoms with Crippen molar-refractivity contribution >= 4 is 0 Å². The van der Waals surface area contributed by atoms with Gasteiger partial charge in [-0.25, -0.2) is 0 Å². The summed E-state index contributed by atoms with van der Waals surface area (Å²) in [7, 11) is 1.93. The molecule has 23 heavy (non-hydrogen) atoms. The molecule has 3 rings (SSSR count). The lowest BCUT2D eigenvalue weighted by Crippen LogP contribution is -2.22. The van der Waals surface area contributed by atoms with Crippen molar-refractivity contribution in [1.82, 2.24) is 19.7 Å². The molecule has 0 fully saturated rings. The summed E-state index contributed by atoms with van der Waals surface area (Å²) in [4.78, 5) is 6.53. The zero-order valence-corrected chi connectivity index (χ0v) is 13.1. The normalized spacial score (nSPS) is 11.0. The third kappa shape index (κ3) is 4.40. The molecule has 0 saturated heterocycles. The lowest BCUT2D eigenvalue weighted by molar-refractivity contribution is 0.247. The Kier molecular flexibility index (Phi) is 4.68. The van der Waals surface area contributed by atoms with Crippen LogP contribution in [0, 0.1) is 0 Å². The van der Waals surface area contributed by atoms with Gasteiger partial charge >= 0.3 is 0 Å². The molecule has 0 saturated carbocycles. The average Bonchev–Trinajstić information content (AvgIpc) is 2.95. The smallest absolute Gasteiger partial charge is 0.115 e. The van der Waals surface area contributed by atoms with E-state index in [0.29, 0.717) is 5.75 Å². The van der Waals surface area contributed by atoms with Crippen LogP contribution in [0.5, 0.6) is 5.75 Å². The maximum absolute atomic E-state index is 9.43. The van der Waals surface area contributed by atoms with Crippen molar-refractivity contribution in [3.05, 3.63) is 77.9 Å². The van der Waals surface area contributed by atoms with E-state index in [1.165, 1.54) is 11.1 Å². The van der Waals surface area contributed by atoms with Crippen molar-refractivity contribution in [3.63, 3.8) is 0 Å². The molecule has 0 aliphatic heterocycles. The molecule has 5 heteroatoms. The lowest BCUT2D eigenvalue weighted by atomic mass is 10.1. The number of nitrogens with zero attached hydrogens (tertiary/aromatic N) is 4. The Hall–Kier alpha value is -2.66. The molecule has 1 N–H and O–H groups in total. The van der Waals surface area contributed by atoms with Gasteiger partial charge in [0, 0.05) is 50.8 Å². The van der Waals surface area contributed by atoms with Crippen LogP contribution in [0.25, 0.3) is 0 Å². The van der Waals surface area contributed by atoms with Crippen LogP contribution in [-0.2, 0) is 26.7 Å². The van der Waals surface area contributed by atoms with Gasteiger partial charge in [-0.05, 0) is 29.3 Å². The quantitative estimate of drug-likeness (QED) is 0.761. The first kappa shape index (κ1) is 15.2. The maximum Gasteiger partial charge on any atom is 0.115 e. The number of phenols is 1. The van der Waals surface area contributed by atoms with E-state index < -0.39 is 0 Å². The first-order valence-corrected chi connectivity index (χ1v) is 7.56. The van der Waals surface area contributed by atoms with Gasteiger partial charge in [0.15, 0.2) is 0 Å². The van der Waals surface area contributed by atoms with Crippen molar-refractivity contribution < 1.29 is 5.11 Å². The number of pyridine rings is 1. The van der Waals surface area contributed by atoms with Crippen LogP contribution in [0.1, 0.15) is 16.7 Å². The van der Waals surface area contributed by atoms with E-state index in [4.69, 9.17) is 0 Å². The van der Waals surface area contributed by atoms with Crippen LogP contribution < -0.4 is 0 Å². The molecular formula is C18H20N4O. The summed E-state index contributed by atoms with van der Waals surface area (Å²) in [5, 5.41) is 13.7. The second kappa shape index (κ2) is 7.07. The molecular weight excluding hydrogens is 288 g/mol. The molecule has 2 heterocycles. The van der Waals surface area contributed by atoms with E-state index in [-0.39, 0.29) is 0 Å². The second-order valence-corrected chi connectivity index (χ2v) is 5.70. The van der Waals surface area contributed by atoms with E-state index in [2.05, 4.69) is 21.0 Å². The zero-order valence-electron chi connectivity index (χ0n) is 13.1. The minimum atomic E-state index is 0.291. The molecule has 0 radical (unpaired) electrons. The number of phenolic OH excluding ortho intramolecular Hbond substituents is 1. The van der Waals surface area contributed by atoms with Gasteiger partial charge in [-0.3, -0.25) is 14.6 Å². The Morgan fingerprint density at radius 2 is 1.70 bits per heavy atom. The van der Waals surface area contributed by atoms with Crippen LogP contribution in [0.4, 0.5) is 0 Å². The van der Waals surface area contributed by atoms with Gasteiger partial charge in [-0.15, -0.1) is 0 Å². The van der Waals surface area contributed by atoms with Crippen LogP contribution >= 0.6 is 0 Å². The van der Waals surface area contributed by atoms with Crippen LogP contribution in [0.2, 0.25) is 0 Å². The van der Waals surface area contributed by atoms with Crippen molar-refractivity contribution in [2.45, 2.75) is 19.6 Å². The van der Waals surface area contributed by atoms with Gasteiger partial charge in [0.25, 0.3) is 0 Å². The monoisotopic (exact) mass is 308 g/mol. The van der Waals surface area contributed by atoms with E-state index in [0.717, 1.165) is 25.2 Å². The molecule has 0 spiro atoms. The highest BCUT2D eigenvalue weighted by Crippen LogP contribution is 2.15.